The first-order valence-electron chi connectivity index (χ1n) is 8.08. The lowest BCUT2D eigenvalue weighted by Crippen LogP contribution is -2.41. The van der Waals surface area contributed by atoms with Gasteiger partial charge in [-0.3, -0.25) is 0 Å². The topological polar surface area (TPSA) is 70.1 Å². The van der Waals surface area contributed by atoms with Crippen LogP contribution in [-0.4, -0.2) is 42.0 Å². The van der Waals surface area contributed by atoms with Crippen molar-refractivity contribution in [3.8, 4) is 17.4 Å². The van der Waals surface area contributed by atoms with Gasteiger partial charge in [0.1, 0.15) is 0 Å². The molecule has 5 rings (SSSR count). The molecule has 0 spiro atoms. The van der Waals surface area contributed by atoms with E-state index in [0.717, 1.165) is 35.9 Å². The van der Waals surface area contributed by atoms with Crippen LogP contribution >= 0.6 is 0 Å². The van der Waals surface area contributed by atoms with E-state index in [0.29, 0.717) is 30.5 Å². The zero-order valence-corrected chi connectivity index (χ0v) is 13.0. The average Bonchev–Trinajstić information content (AvgIpc) is 3.23. The van der Waals surface area contributed by atoms with Gasteiger partial charge >= 0.3 is 6.09 Å². The van der Waals surface area contributed by atoms with Gasteiger partial charge in [0.05, 0.1) is 24.7 Å². The lowest BCUT2D eigenvalue weighted by Gasteiger charge is -2.29. The Morgan fingerprint density at radius 1 is 1.21 bits per heavy atom. The number of fused-ring (bicyclic) bond motifs is 3. The van der Waals surface area contributed by atoms with Gasteiger partial charge in [0.25, 0.3) is 0 Å². The zero-order valence-electron chi connectivity index (χ0n) is 13.0. The van der Waals surface area contributed by atoms with Crippen molar-refractivity contribution in [1.82, 2.24) is 9.88 Å². The van der Waals surface area contributed by atoms with E-state index >= 15 is 0 Å². The number of hydrogen-bond donors (Lipinski definition) is 0. The Labute approximate surface area is 138 Å². The van der Waals surface area contributed by atoms with Crippen molar-refractivity contribution < 1.29 is 23.7 Å². The van der Waals surface area contributed by atoms with Crippen LogP contribution in [0.1, 0.15) is 18.4 Å². The number of carbonyl (C=O) groups is 1. The number of nitrogens with zero attached hydrogens (tertiary/aromatic N) is 2. The van der Waals surface area contributed by atoms with E-state index in [9.17, 15) is 4.79 Å². The Hall–Kier alpha value is -2.54. The van der Waals surface area contributed by atoms with Gasteiger partial charge in [-0.15, -0.1) is 0 Å². The first-order chi connectivity index (χ1) is 11.8. The molecule has 1 saturated heterocycles. The summed E-state index contributed by atoms with van der Waals surface area (Å²) in [5.41, 5.74) is 1.61. The smallest absolute Gasteiger partial charge is 0.416 e. The standard InChI is InChI=1S/C17H16N2O5/c20-17-19(8-12-2-1-3-21-12)7-11-4-10-5-14-15(23-9-22-14)6-13(10)18-16(11)24-17/h4-6,12H,1-3,7-9H2/t12-/m1/s1. The van der Waals surface area contributed by atoms with E-state index in [1.807, 2.05) is 18.2 Å². The molecule has 0 radical (unpaired) electrons. The molecule has 2 aromatic rings. The van der Waals surface area contributed by atoms with E-state index in [2.05, 4.69) is 4.98 Å². The van der Waals surface area contributed by atoms with Crippen LogP contribution in [0.5, 0.6) is 17.4 Å². The summed E-state index contributed by atoms with van der Waals surface area (Å²) in [7, 11) is 0. The predicted molar refractivity (Wildman–Crippen MR) is 83.3 cm³/mol. The van der Waals surface area contributed by atoms with Gasteiger partial charge in [0.2, 0.25) is 12.7 Å². The predicted octanol–water partition coefficient (Wildman–Crippen LogP) is 2.46. The summed E-state index contributed by atoms with van der Waals surface area (Å²) in [6.45, 7) is 2.02. The minimum Gasteiger partial charge on any atom is -0.454 e. The van der Waals surface area contributed by atoms with Crippen LogP contribution < -0.4 is 14.2 Å². The second kappa shape index (κ2) is 5.24. The summed E-state index contributed by atoms with van der Waals surface area (Å²) >= 11 is 0. The Kier molecular flexibility index (Phi) is 3.02. The van der Waals surface area contributed by atoms with E-state index in [4.69, 9.17) is 18.9 Å². The molecule has 0 N–H and O–H groups in total. The van der Waals surface area contributed by atoms with Crippen LogP contribution in [0.4, 0.5) is 4.79 Å². The number of benzene rings is 1. The monoisotopic (exact) mass is 328 g/mol. The maximum Gasteiger partial charge on any atom is 0.416 e. The Morgan fingerprint density at radius 2 is 2.08 bits per heavy atom. The maximum atomic E-state index is 12.2. The van der Waals surface area contributed by atoms with E-state index in [1.54, 1.807) is 4.90 Å². The molecule has 3 aliphatic heterocycles. The van der Waals surface area contributed by atoms with Crippen molar-refractivity contribution in [3.05, 3.63) is 23.8 Å². The highest BCUT2D eigenvalue weighted by molar-refractivity contribution is 5.85. The molecule has 3 aliphatic rings. The lowest BCUT2D eigenvalue weighted by molar-refractivity contribution is 0.0641. The molecule has 1 aromatic carbocycles. The fourth-order valence-electron chi connectivity index (χ4n) is 3.38. The Balaban J connectivity index is 1.48. The molecule has 0 saturated carbocycles. The first kappa shape index (κ1) is 13.9. The highest BCUT2D eigenvalue weighted by Gasteiger charge is 2.30. The van der Waals surface area contributed by atoms with Gasteiger partial charge in [-0.2, -0.15) is 0 Å². The van der Waals surface area contributed by atoms with E-state index in [-0.39, 0.29) is 19.0 Å². The van der Waals surface area contributed by atoms with Gasteiger partial charge in [-0.05, 0) is 25.0 Å². The van der Waals surface area contributed by atoms with E-state index in [1.165, 1.54) is 0 Å². The highest BCUT2D eigenvalue weighted by atomic mass is 16.7. The fourth-order valence-corrected chi connectivity index (χ4v) is 3.38. The van der Waals surface area contributed by atoms with Crippen molar-refractivity contribution in [2.24, 2.45) is 0 Å². The molecular weight excluding hydrogens is 312 g/mol. The summed E-state index contributed by atoms with van der Waals surface area (Å²) in [6.07, 6.45) is 1.76. The van der Waals surface area contributed by atoms with Crippen LogP contribution in [0.25, 0.3) is 10.9 Å². The van der Waals surface area contributed by atoms with Crippen molar-refractivity contribution in [1.29, 1.82) is 0 Å². The molecule has 0 aliphatic carbocycles. The minimum absolute atomic E-state index is 0.0985. The molecule has 7 nitrogen and oxygen atoms in total. The number of amides is 1. The largest absolute Gasteiger partial charge is 0.454 e. The minimum atomic E-state index is -0.370. The van der Waals surface area contributed by atoms with E-state index < -0.39 is 0 Å². The van der Waals surface area contributed by atoms with Gasteiger partial charge < -0.3 is 23.8 Å². The third-order valence-electron chi connectivity index (χ3n) is 4.60. The molecule has 124 valence electrons. The second-order valence-electron chi connectivity index (χ2n) is 6.23. The number of rotatable bonds is 2. The van der Waals surface area contributed by atoms with Crippen molar-refractivity contribution in [2.45, 2.75) is 25.5 Å². The van der Waals surface area contributed by atoms with Gasteiger partial charge in [-0.25, -0.2) is 9.78 Å². The Morgan fingerprint density at radius 3 is 2.92 bits per heavy atom. The van der Waals surface area contributed by atoms with Crippen LogP contribution in [-0.2, 0) is 11.3 Å². The summed E-state index contributed by atoms with van der Waals surface area (Å²) < 4.78 is 21.8. The molecule has 1 aromatic heterocycles. The molecule has 24 heavy (non-hydrogen) atoms. The third kappa shape index (κ3) is 2.24. The van der Waals surface area contributed by atoms with Crippen molar-refractivity contribution >= 4 is 17.0 Å². The highest BCUT2D eigenvalue weighted by Crippen LogP contribution is 2.37. The molecule has 1 fully saturated rings. The normalized spacial score (nSPS) is 21.9. The van der Waals surface area contributed by atoms with Crippen LogP contribution in [0.2, 0.25) is 0 Å². The van der Waals surface area contributed by atoms with Crippen molar-refractivity contribution in [2.75, 3.05) is 19.9 Å². The number of aromatic nitrogens is 1. The summed E-state index contributed by atoms with van der Waals surface area (Å²) in [5, 5.41) is 0.938. The summed E-state index contributed by atoms with van der Waals surface area (Å²) in [6, 6.07) is 5.71. The lowest BCUT2D eigenvalue weighted by atomic mass is 10.1. The molecule has 0 bridgehead atoms. The molecule has 0 unspecified atom stereocenters. The zero-order chi connectivity index (χ0) is 16.1. The SMILES string of the molecule is O=C1Oc2nc3cc4c(cc3cc2CN1C[C@H]1CCCO1)OCO4. The number of pyridine rings is 1. The number of carbonyl (C=O) groups excluding carboxylic acids is 1. The summed E-state index contributed by atoms with van der Waals surface area (Å²) in [4.78, 5) is 18.4. The molecule has 7 heteroatoms. The van der Waals surface area contributed by atoms with Crippen LogP contribution in [0, 0.1) is 0 Å². The molecule has 1 amide bonds. The fraction of sp³-hybridized carbons (Fsp3) is 0.412. The third-order valence-corrected chi connectivity index (χ3v) is 4.60. The molecular formula is C17H16N2O5. The molecule has 1 atom stereocenters. The Bertz CT molecular complexity index is 831. The van der Waals surface area contributed by atoms with Crippen LogP contribution in [0.3, 0.4) is 0 Å². The summed E-state index contributed by atoms with van der Waals surface area (Å²) in [5.74, 6) is 1.75. The second-order valence-corrected chi connectivity index (χ2v) is 6.23. The maximum absolute atomic E-state index is 12.2. The van der Waals surface area contributed by atoms with Gasteiger partial charge in [-0.1, -0.05) is 0 Å². The van der Waals surface area contributed by atoms with Gasteiger partial charge in [0.15, 0.2) is 11.5 Å². The quantitative estimate of drug-likeness (QED) is 0.843. The number of hydrogen-bond acceptors (Lipinski definition) is 6. The van der Waals surface area contributed by atoms with Crippen LogP contribution in [0.15, 0.2) is 18.2 Å². The number of ether oxygens (including phenoxy) is 4. The molecule has 4 heterocycles. The average molecular weight is 328 g/mol. The first-order valence-corrected chi connectivity index (χ1v) is 8.08. The van der Waals surface area contributed by atoms with Gasteiger partial charge in [0, 0.05) is 23.6 Å². The van der Waals surface area contributed by atoms with Crippen molar-refractivity contribution in [3.63, 3.8) is 0 Å².